The van der Waals surface area contributed by atoms with E-state index in [1.165, 1.54) is 6.42 Å². The smallest absolute Gasteiger partial charge is 0.272 e. The quantitative estimate of drug-likeness (QED) is 0.867. The van der Waals surface area contributed by atoms with Crippen LogP contribution in [-0.2, 0) is 22.3 Å². The van der Waals surface area contributed by atoms with Crippen molar-refractivity contribution in [3.05, 3.63) is 17.0 Å². The second kappa shape index (κ2) is 5.54. The van der Waals surface area contributed by atoms with Gasteiger partial charge in [-0.05, 0) is 32.6 Å². The van der Waals surface area contributed by atoms with Gasteiger partial charge < -0.3 is 14.8 Å². The molecule has 1 fully saturated rings. The molecular weight excluding hydrogens is 258 g/mol. The summed E-state index contributed by atoms with van der Waals surface area (Å²) in [5.74, 6) is -0.663. The maximum Gasteiger partial charge on any atom is 0.272 e. The molecule has 1 aromatic rings. The third-order valence-corrected chi connectivity index (χ3v) is 4.03. The van der Waals surface area contributed by atoms with Crippen LogP contribution < -0.4 is 5.32 Å². The molecule has 0 unspecified atom stereocenters. The molecule has 0 atom stereocenters. The molecule has 2 N–H and O–H groups in total. The lowest BCUT2D eigenvalue weighted by Crippen LogP contribution is -2.34. The lowest BCUT2D eigenvalue weighted by Gasteiger charge is -2.22. The molecule has 0 radical (unpaired) electrons. The summed E-state index contributed by atoms with van der Waals surface area (Å²) in [6, 6.07) is 0. The van der Waals surface area contributed by atoms with Gasteiger partial charge in [0, 0.05) is 24.2 Å². The number of hydrogen-bond donors (Lipinski definition) is 2. The van der Waals surface area contributed by atoms with Crippen LogP contribution in [0.1, 0.15) is 47.9 Å². The standard InChI is InChI=1S/C14H21N3O3/c1-14(19-8-9-20-14)6-7-15-13(18)12-10-4-2-3-5-11(10)16-17-12/h2-9H2,1H3,(H,15,18)(H,16,17). The number of hydrogen-bond acceptors (Lipinski definition) is 4. The van der Waals surface area contributed by atoms with Crippen molar-refractivity contribution < 1.29 is 14.3 Å². The molecule has 1 amide bonds. The highest BCUT2D eigenvalue weighted by Crippen LogP contribution is 2.23. The van der Waals surface area contributed by atoms with E-state index in [0.29, 0.717) is 31.9 Å². The van der Waals surface area contributed by atoms with Gasteiger partial charge in [0.1, 0.15) is 0 Å². The molecule has 0 spiro atoms. The van der Waals surface area contributed by atoms with Crippen molar-refractivity contribution in [2.75, 3.05) is 19.8 Å². The first-order valence-electron chi connectivity index (χ1n) is 7.30. The van der Waals surface area contributed by atoms with Crippen LogP contribution in [0.25, 0.3) is 0 Å². The first kappa shape index (κ1) is 13.6. The average molecular weight is 279 g/mol. The first-order chi connectivity index (χ1) is 9.68. The van der Waals surface area contributed by atoms with Gasteiger partial charge in [0.15, 0.2) is 11.5 Å². The maximum atomic E-state index is 12.2. The number of carbonyl (C=O) groups is 1. The van der Waals surface area contributed by atoms with E-state index < -0.39 is 5.79 Å². The van der Waals surface area contributed by atoms with Gasteiger partial charge in [-0.1, -0.05) is 0 Å². The zero-order valence-electron chi connectivity index (χ0n) is 11.8. The number of aryl methyl sites for hydroxylation is 1. The topological polar surface area (TPSA) is 76.2 Å². The second-order valence-corrected chi connectivity index (χ2v) is 5.57. The fourth-order valence-electron chi connectivity index (χ4n) is 2.86. The fourth-order valence-corrected chi connectivity index (χ4v) is 2.86. The van der Waals surface area contributed by atoms with Gasteiger partial charge in [-0.15, -0.1) is 0 Å². The van der Waals surface area contributed by atoms with E-state index >= 15 is 0 Å². The Balaban J connectivity index is 1.55. The van der Waals surface area contributed by atoms with Crippen molar-refractivity contribution in [2.45, 2.75) is 44.8 Å². The molecule has 3 rings (SSSR count). The molecule has 110 valence electrons. The van der Waals surface area contributed by atoms with Gasteiger partial charge in [-0.25, -0.2) is 0 Å². The number of ether oxygens (including phenoxy) is 2. The number of fused-ring (bicyclic) bond motifs is 1. The van der Waals surface area contributed by atoms with Crippen molar-refractivity contribution in [1.29, 1.82) is 0 Å². The van der Waals surface area contributed by atoms with Crippen LogP contribution in [0.15, 0.2) is 0 Å². The van der Waals surface area contributed by atoms with Gasteiger partial charge >= 0.3 is 0 Å². The van der Waals surface area contributed by atoms with Gasteiger partial charge in [-0.3, -0.25) is 9.89 Å². The second-order valence-electron chi connectivity index (χ2n) is 5.57. The van der Waals surface area contributed by atoms with Crippen LogP contribution in [0, 0.1) is 0 Å². The first-order valence-corrected chi connectivity index (χ1v) is 7.30. The molecule has 0 bridgehead atoms. The Morgan fingerprint density at radius 2 is 2.10 bits per heavy atom. The van der Waals surface area contributed by atoms with E-state index in [4.69, 9.17) is 9.47 Å². The minimum atomic E-state index is -0.557. The summed E-state index contributed by atoms with van der Waals surface area (Å²) in [5, 5.41) is 10.1. The number of rotatable bonds is 4. The Bertz CT molecular complexity index is 492. The molecule has 1 saturated heterocycles. The monoisotopic (exact) mass is 279 g/mol. The number of aromatic amines is 1. The normalized spacial score (nSPS) is 20.6. The molecule has 2 aliphatic rings. The van der Waals surface area contributed by atoms with Gasteiger partial charge in [-0.2, -0.15) is 5.10 Å². The Morgan fingerprint density at radius 3 is 2.90 bits per heavy atom. The van der Waals surface area contributed by atoms with E-state index in [1.807, 2.05) is 6.92 Å². The van der Waals surface area contributed by atoms with Crippen molar-refractivity contribution in [3.63, 3.8) is 0 Å². The van der Waals surface area contributed by atoms with Gasteiger partial charge in [0.05, 0.1) is 13.2 Å². The number of nitrogens with one attached hydrogen (secondary N) is 2. The third kappa shape index (κ3) is 2.71. The average Bonchev–Trinajstić information content (AvgIpc) is 3.05. The van der Waals surface area contributed by atoms with Crippen LogP contribution in [0.3, 0.4) is 0 Å². The van der Waals surface area contributed by atoms with E-state index in [9.17, 15) is 4.79 Å². The van der Waals surface area contributed by atoms with Crippen LogP contribution in [0.2, 0.25) is 0 Å². The summed E-state index contributed by atoms with van der Waals surface area (Å²) in [7, 11) is 0. The van der Waals surface area contributed by atoms with E-state index in [2.05, 4.69) is 15.5 Å². The Kier molecular flexibility index (Phi) is 3.76. The molecule has 6 heteroatoms. The molecule has 0 aromatic carbocycles. The molecule has 1 aliphatic carbocycles. The summed E-state index contributed by atoms with van der Waals surface area (Å²) in [6.45, 7) is 3.67. The number of carbonyl (C=O) groups excluding carboxylic acids is 1. The number of nitrogens with zero attached hydrogens (tertiary/aromatic N) is 1. The molecule has 6 nitrogen and oxygen atoms in total. The third-order valence-electron chi connectivity index (χ3n) is 4.03. The van der Waals surface area contributed by atoms with E-state index in [1.54, 1.807) is 0 Å². The van der Waals surface area contributed by atoms with Crippen molar-refractivity contribution in [1.82, 2.24) is 15.5 Å². The lowest BCUT2D eigenvalue weighted by atomic mass is 9.96. The molecule has 2 heterocycles. The van der Waals surface area contributed by atoms with Crippen LogP contribution >= 0.6 is 0 Å². The summed E-state index contributed by atoms with van der Waals surface area (Å²) < 4.78 is 11.0. The Hall–Kier alpha value is -1.40. The molecule has 1 aliphatic heterocycles. The molecule has 1 aromatic heterocycles. The number of amides is 1. The zero-order chi connectivity index (χ0) is 14.0. The highest BCUT2D eigenvalue weighted by atomic mass is 16.7. The lowest BCUT2D eigenvalue weighted by molar-refractivity contribution is -0.145. The maximum absolute atomic E-state index is 12.2. The molecular formula is C14H21N3O3. The largest absolute Gasteiger partial charge is 0.350 e. The van der Waals surface area contributed by atoms with Crippen molar-refractivity contribution >= 4 is 5.91 Å². The highest BCUT2D eigenvalue weighted by Gasteiger charge is 2.30. The summed E-state index contributed by atoms with van der Waals surface area (Å²) in [5.41, 5.74) is 2.77. The number of aromatic nitrogens is 2. The Labute approximate surface area is 118 Å². The van der Waals surface area contributed by atoms with Crippen LogP contribution in [-0.4, -0.2) is 41.7 Å². The van der Waals surface area contributed by atoms with Crippen molar-refractivity contribution in [2.24, 2.45) is 0 Å². The Morgan fingerprint density at radius 1 is 1.35 bits per heavy atom. The predicted octanol–water partition coefficient (Wildman–Crippen LogP) is 1.17. The summed E-state index contributed by atoms with van der Waals surface area (Å²) >= 11 is 0. The van der Waals surface area contributed by atoms with Gasteiger partial charge in [0.25, 0.3) is 5.91 Å². The molecule has 20 heavy (non-hydrogen) atoms. The fraction of sp³-hybridized carbons (Fsp3) is 0.714. The van der Waals surface area contributed by atoms with Gasteiger partial charge in [0.2, 0.25) is 0 Å². The minimum absolute atomic E-state index is 0.106. The zero-order valence-corrected chi connectivity index (χ0v) is 11.8. The highest BCUT2D eigenvalue weighted by molar-refractivity contribution is 5.94. The SMILES string of the molecule is CC1(CCNC(=O)c2n[nH]c3c2CCCC3)OCCO1. The summed E-state index contributed by atoms with van der Waals surface area (Å²) in [4.78, 5) is 12.2. The van der Waals surface area contributed by atoms with Crippen LogP contribution in [0.4, 0.5) is 0 Å². The summed E-state index contributed by atoms with van der Waals surface area (Å²) in [6.07, 6.45) is 4.88. The van der Waals surface area contributed by atoms with Crippen LogP contribution in [0.5, 0.6) is 0 Å². The van der Waals surface area contributed by atoms with E-state index in [0.717, 1.165) is 30.5 Å². The van der Waals surface area contributed by atoms with Crippen molar-refractivity contribution in [3.8, 4) is 0 Å². The van der Waals surface area contributed by atoms with E-state index in [-0.39, 0.29) is 5.91 Å². The molecule has 0 saturated carbocycles. The number of H-pyrrole nitrogens is 1. The predicted molar refractivity (Wildman–Crippen MR) is 72.5 cm³/mol. The minimum Gasteiger partial charge on any atom is -0.350 e.